The third kappa shape index (κ3) is 4.29. The number of nitrogens with zero attached hydrogens (tertiary/aromatic N) is 1. The fraction of sp³-hybridized carbons (Fsp3) is 0.0455. The van der Waals surface area contributed by atoms with E-state index in [1.807, 2.05) is 59.6 Å². The second-order valence-corrected chi connectivity index (χ2v) is 8.58. The number of para-hydroxylation sites is 1. The summed E-state index contributed by atoms with van der Waals surface area (Å²) in [6, 6.07) is 26.5. The lowest BCUT2D eigenvalue weighted by molar-refractivity contribution is 0.348. The van der Waals surface area contributed by atoms with Crippen molar-refractivity contribution in [1.82, 2.24) is 10.4 Å². The maximum Gasteiger partial charge on any atom is 0.193 e. The van der Waals surface area contributed by atoms with Gasteiger partial charge < -0.3 is 5.32 Å². The Morgan fingerprint density at radius 3 is 2.11 bits per heavy atom. The van der Waals surface area contributed by atoms with E-state index >= 15 is 0 Å². The van der Waals surface area contributed by atoms with Gasteiger partial charge in [0, 0.05) is 14.6 Å². The van der Waals surface area contributed by atoms with Gasteiger partial charge in [-0.25, -0.2) is 0 Å². The molecule has 0 bridgehead atoms. The standard InChI is InChI=1S/C22H17Br2N3S/c23-17-10-6-15(7-11-17)20-14-21(16-8-12-18(24)13-9-16)27(26-20)22(28)25-19-4-2-1-3-5-19/h1-14,21,26H,(H,25,28)/t21-/m1/s1. The Labute approximate surface area is 186 Å². The van der Waals surface area contributed by atoms with Crippen molar-refractivity contribution in [2.75, 3.05) is 5.32 Å². The third-order valence-electron chi connectivity index (χ3n) is 4.45. The van der Waals surface area contributed by atoms with Crippen molar-refractivity contribution in [3.05, 3.63) is 105 Å². The molecule has 1 atom stereocenters. The minimum absolute atomic E-state index is 0.0181. The molecule has 3 aromatic carbocycles. The van der Waals surface area contributed by atoms with Crippen LogP contribution in [0.5, 0.6) is 0 Å². The highest BCUT2D eigenvalue weighted by molar-refractivity contribution is 9.10. The summed E-state index contributed by atoms with van der Waals surface area (Å²) < 4.78 is 2.10. The molecule has 0 saturated carbocycles. The van der Waals surface area contributed by atoms with Crippen molar-refractivity contribution in [3.8, 4) is 0 Å². The summed E-state index contributed by atoms with van der Waals surface area (Å²) in [5.41, 5.74) is 7.72. The van der Waals surface area contributed by atoms with Gasteiger partial charge in [-0.15, -0.1) is 0 Å². The summed E-state index contributed by atoms with van der Waals surface area (Å²) in [7, 11) is 0. The van der Waals surface area contributed by atoms with Crippen LogP contribution in [0.2, 0.25) is 0 Å². The zero-order chi connectivity index (χ0) is 19.5. The van der Waals surface area contributed by atoms with Gasteiger partial charge in [-0.05, 0) is 65.8 Å². The SMILES string of the molecule is S=C(Nc1ccccc1)N1NC(c2ccc(Br)cc2)=C[C@@H]1c1ccc(Br)cc1. The molecule has 1 aliphatic heterocycles. The average molecular weight is 515 g/mol. The summed E-state index contributed by atoms with van der Waals surface area (Å²) in [6.07, 6.45) is 2.20. The van der Waals surface area contributed by atoms with Crippen LogP contribution in [0.1, 0.15) is 17.2 Å². The number of thiocarbonyl (C=S) groups is 1. The number of halogens is 2. The Balaban J connectivity index is 1.64. The normalized spacial score (nSPS) is 15.7. The minimum atomic E-state index is -0.0181. The zero-order valence-electron chi connectivity index (χ0n) is 14.8. The number of benzene rings is 3. The highest BCUT2D eigenvalue weighted by Gasteiger charge is 2.29. The predicted octanol–water partition coefficient (Wildman–Crippen LogP) is 6.51. The van der Waals surface area contributed by atoms with Crippen molar-refractivity contribution in [3.63, 3.8) is 0 Å². The van der Waals surface area contributed by atoms with E-state index in [-0.39, 0.29) is 6.04 Å². The van der Waals surface area contributed by atoms with Crippen LogP contribution in [0, 0.1) is 0 Å². The van der Waals surface area contributed by atoms with E-state index in [9.17, 15) is 0 Å². The van der Waals surface area contributed by atoms with Gasteiger partial charge >= 0.3 is 0 Å². The summed E-state index contributed by atoms with van der Waals surface area (Å²) in [6.45, 7) is 0. The summed E-state index contributed by atoms with van der Waals surface area (Å²) in [4.78, 5) is 0. The lowest BCUT2D eigenvalue weighted by atomic mass is 10.0. The Bertz CT molecular complexity index is 1000. The van der Waals surface area contributed by atoms with E-state index in [0.29, 0.717) is 5.11 Å². The van der Waals surface area contributed by atoms with Gasteiger partial charge in [0.1, 0.15) is 0 Å². The fourth-order valence-electron chi connectivity index (χ4n) is 3.05. The summed E-state index contributed by atoms with van der Waals surface area (Å²) in [5, 5.41) is 5.92. The number of hydrazine groups is 1. The van der Waals surface area contributed by atoms with E-state index in [2.05, 4.69) is 72.9 Å². The third-order valence-corrected chi connectivity index (χ3v) is 5.81. The van der Waals surface area contributed by atoms with Crippen molar-refractivity contribution >= 4 is 60.6 Å². The Morgan fingerprint density at radius 1 is 0.857 bits per heavy atom. The number of hydrogen-bond acceptors (Lipinski definition) is 2. The molecule has 0 fully saturated rings. The van der Waals surface area contributed by atoms with Crippen molar-refractivity contribution in [2.45, 2.75) is 6.04 Å². The van der Waals surface area contributed by atoms with Gasteiger partial charge in [-0.2, -0.15) is 0 Å². The van der Waals surface area contributed by atoms with Crippen LogP contribution in [-0.2, 0) is 0 Å². The molecule has 0 aliphatic carbocycles. The van der Waals surface area contributed by atoms with Gasteiger partial charge in [-0.1, -0.05) is 74.3 Å². The van der Waals surface area contributed by atoms with Crippen molar-refractivity contribution < 1.29 is 0 Å². The molecule has 1 aliphatic rings. The zero-order valence-corrected chi connectivity index (χ0v) is 18.8. The van der Waals surface area contributed by atoms with Gasteiger partial charge in [0.25, 0.3) is 0 Å². The number of anilines is 1. The molecular weight excluding hydrogens is 498 g/mol. The van der Waals surface area contributed by atoms with Crippen molar-refractivity contribution in [2.24, 2.45) is 0 Å². The van der Waals surface area contributed by atoms with E-state index < -0.39 is 0 Å². The highest BCUT2D eigenvalue weighted by atomic mass is 79.9. The molecule has 28 heavy (non-hydrogen) atoms. The first kappa shape index (κ1) is 19.2. The first-order valence-electron chi connectivity index (χ1n) is 8.75. The Morgan fingerprint density at radius 2 is 1.46 bits per heavy atom. The van der Waals surface area contributed by atoms with Gasteiger partial charge in [0.05, 0.1) is 11.7 Å². The van der Waals surface area contributed by atoms with Crippen molar-refractivity contribution in [1.29, 1.82) is 0 Å². The van der Waals surface area contributed by atoms with Crippen LogP contribution in [-0.4, -0.2) is 10.1 Å². The molecular formula is C22H17Br2N3S. The molecule has 0 unspecified atom stereocenters. The molecule has 0 radical (unpaired) electrons. The van der Waals surface area contributed by atoms with Crippen LogP contribution < -0.4 is 10.7 Å². The number of rotatable bonds is 3. The highest BCUT2D eigenvalue weighted by Crippen LogP contribution is 2.32. The first-order valence-corrected chi connectivity index (χ1v) is 10.7. The maximum atomic E-state index is 5.72. The molecule has 0 spiro atoms. The van der Waals surface area contributed by atoms with Gasteiger partial charge in [0.2, 0.25) is 0 Å². The lowest BCUT2D eigenvalue weighted by Crippen LogP contribution is -2.42. The summed E-state index contributed by atoms with van der Waals surface area (Å²) >= 11 is 12.7. The minimum Gasteiger partial charge on any atom is -0.331 e. The molecule has 3 nitrogen and oxygen atoms in total. The fourth-order valence-corrected chi connectivity index (χ4v) is 3.85. The molecule has 140 valence electrons. The molecule has 3 aromatic rings. The van der Waals surface area contributed by atoms with Crippen LogP contribution in [0.3, 0.4) is 0 Å². The molecule has 0 saturated heterocycles. The lowest BCUT2D eigenvalue weighted by Gasteiger charge is -2.28. The first-order chi connectivity index (χ1) is 13.6. The molecule has 0 aromatic heterocycles. The van der Waals surface area contributed by atoms with E-state index in [0.717, 1.165) is 31.5 Å². The number of hydrogen-bond donors (Lipinski definition) is 2. The largest absolute Gasteiger partial charge is 0.331 e. The summed E-state index contributed by atoms with van der Waals surface area (Å²) in [5.74, 6) is 0. The second kappa shape index (κ2) is 8.47. The van der Waals surface area contributed by atoms with Gasteiger partial charge in [-0.3, -0.25) is 10.4 Å². The number of nitrogens with one attached hydrogen (secondary N) is 2. The molecule has 2 N–H and O–H groups in total. The van der Waals surface area contributed by atoms with Gasteiger partial charge in [0.15, 0.2) is 5.11 Å². The van der Waals surface area contributed by atoms with E-state index in [1.54, 1.807) is 0 Å². The second-order valence-electron chi connectivity index (χ2n) is 6.36. The van der Waals surface area contributed by atoms with E-state index in [4.69, 9.17) is 12.2 Å². The quantitative estimate of drug-likeness (QED) is 0.389. The van der Waals surface area contributed by atoms with Crippen LogP contribution in [0.15, 0.2) is 93.9 Å². The topological polar surface area (TPSA) is 27.3 Å². The van der Waals surface area contributed by atoms with E-state index in [1.165, 1.54) is 0 Å². The maximum absolute atomic E-state index is 5.72. The molecule has 6 heteroatoms. The smallest absolute Gasteiger partial charge is 0.193 e. The van der Waals surface area contributed by atoms with Crippen LogP contribution in [0.25, 0.3) is 5.70 Å². The Hall–Kier alpha value is -2.15. The Kier molecular flexibility index (Phi) is 5.80. The molecule has 4 rings (SSSR count). The van der Waals surface area contributed by atoms with Crippen LogP contribution >= 0.6 is 44.1 Å². The molecule has 0 amide bonds. The van der Waals surface area contributed by atoms with Crippen LogP contribution in [0.4, 0.5) is 5.69 Å². The predicted molar refractivity (Wildman–Crippen MR) is 127 cm³/mol. The monoisotopic (exact) mass is 513 g/mol. The molecule has 1 heterocycles. The average Bonchev–Trinajstić information content (AvgIpc) is 3.15.